The van der Waals surface area contributed by atoms with Crippen LogP contribution in [0.5, 0.6) is 0 Å². The lowest BCUT2D eigenvalue weighted by molar-refractivity contribution is -0.277. The van der Waals surface area contributed by atoms with E-state index in [0.29, 0.717) is 36.5 Å². The maximum absolute atomic E-state index is 12.8. The van der Waals surface area contributed by atoms with Crippen LogP contribution in [0.4, 0.5) is 0 Å². The van der Waals surface area contributed by atoms with Gasteiger partial charge < -0.3 is 29.9 Å². The second kappa shape index (κ2) is 16.1. The van der Waals surface area contributed by atoms with E-state index in [1.807, 2.05) is 97.1 Å². The molecule has 0 bridgehead atoms. The third-order valence-electron chi connectivity index (χ3n) is 10.6. The molecule has 0 aromatic heterocycles. The molecule has 0 spiro atoms. The minimum Gasteiger partial charge on any atom is -0.392 e. The molecule has 2 aliphatic rings. The number of nitrogens with zero attached hydrogens (tertiary/aromatic N) is 1. The summed E-state index contributed by atoms with van der Waals surface area (Å²) < 4.78 is 13.5. The standard InChI is InChI=1S/C44H45ClN2O5/c1-30-40(28-47-25-23-44(50,24-26-47)37-19-21-38(45)22-20-37)51-43(52-41(30)33-13-11-31(29-48)12-14-33)35-17-15-32(16-18-35)39-10-6-5-9-36(39)27-46-42(49)34-7-3-2-4-8-34/h2-22,30,40-41,43,48,50H,23-29H2,1H3,(H,46,49)/t30-,40+,41+,43+/m1/s1. The molecular weight excluding hydrogens is 672 g/mol. The summed E-state index contributed by atoms with van der Waals surface area (Å²) in [7, 11) is 0. The lowest BCUT2D eigenvalue weighted by Gasteiger charge is -2.45. The van der Waals surface area contributed by atoms with Gasteiger partial charge in [-0.1, -0.05) is 122 Å². The van der Waals surface area contributed by atoms with E-state index in [0.717, 1.165) is 52.0 Å². The van der Waals surface area contributed by atoms with Gasteiger partial charge in [0.2, 0.25) is 0 Å². The fraction of sp³-hybridized carbons (Fsp3) is 0.295. The van der Waals surface area contributed by atoms with Crippen LogP contribution in [-0.2, 0) is 28.2 Å². The maximum Gasteiger partial charge on any atom is 0.251 e. The van der Waals surface area contributed by atoms with Gasteiger partial charge in [-0.2, -0.15) is 0 Å². The molecule has 7 rings (SSSR count). The molecule has 2 heterocycles. The molecule has 8 heteroatoms. The van der Waals surface area contributed by atoms with E-state index in [-0.39, 0.29) is 30.6 Å². The van der Waals surface area contributed by atoms with Crippen LogP contribution >= 0.6 is 11.6 Å². The highest BCUT2D eigenvalue weighted by Crippen LogP contribution is 2.43. The van der Waals surface area contributed by atoms with Crippen LogP contribution in [0, 0.1) is 5.92 Å². The van der Waals surface area contributed by atoms with Gasteiger partial charge in [0, 0.05) is 48.2 Å². The Bertz CT molecular complexity index is 1930. The predicted molar refractivity (Wildman–Crippen MR) is 203 cm³/mol. The SMILES string of the molecule is C[C@@H]1[C@H](CN2CCC(O)(c3ccc(Cl)cc3)CC2)O[C@H](c2ccc(-c3ccccc3CNC(=O)c3ccccc3)cc2)O[C@@H]1c1ccc(CO)cc1. The van der Waals surface area contributed by atoms with Crippen molar-refractivity contribution in [1.82, 2.24) is 10.2 Å². The summed E-state index contributed by atoms with van der Waals surface area (Å²) in [6.07, 6.45) is 0.313. The van der Waals surface area contributed by atoms with Crippen molar-refractivity contribution >= 4 is 17.5 Å². The smallest absolute Gasteiger partial charge is 0.251 e. The van der Waals surface area contributed by atoms with Crippen molar-refractivity contribution in [3.05, 3.63) is 166 Å². The van der Waals surface area contributed by atoms with Gasteiger partial charge in [-0.15, -0.1) is 0 Å². The van der Waals surface area contributed by atoms with E-state index in [4.69, 9.17) is 21.1 Å². The molecule has 3 N–H and O–H groups in total. The van der Waals surface area contributed by atoms with Crippen molar-refractivity contribution in [3.8, 4) is 11.1 Å². The van der Waals surface area contributed by atoms with Gasteiger partial charge in [0.1, 0.15) is 0 Å². The summed E-state index contributed by atoms with van der Waals surface area (Å²) >= 11 is 6.11. The van der Waals surface area contributed by atoms with Crippen LogP contribution in [0.2, 0.25) is 5.02 Å². The molecule has 5 aromatic rings. The summed E-state index contributed by atoms with van der Waals surface area (Å²) in [4.78, 5) is 15.1. The number of piperidine rings is 1. The summed E-state index contributed by atoms with van der Waals surface area (Å²) in [6.45, 7) is 4.77. The molecule has 2 fully saturated rings. The van der Waals surface area contributed by atoms with Crippen molar-refractivity contribution in [1.29, 1.82) is 0 Å². The lowest BCUT2D eigenvalue weighted by atomic mass is 9.84. The van der Waals surface area contributed by atoms with Gasteiger partial charge in [-0.05, 0) is 70.5 Å². The molecule has 2 saturated heterocycles. The maximum atomic E-state index is 12.8. The Morgan fingerprint density at radius 1 is 0.827 bits per heavy atom. The molecule has 0 unspecified atom stereocenters. The third kappa shape index (κ3) is 8.16. The van der Waals surface area contributed by atoms with Gasteiger partial charge in [0.05, 0.1) is 24.4 Å². The Hall–Kier alpha value is -4.34. The first kappa shape index (κ1) is 36.0. The fourth-order valence-electron chi connectivity index (χ4n) is 7.38. The summed E-state index contributed by atoms with van der Waals surface area (Å²) in [5.41, 5.74) is 6.58. The van der Waals surface area contributed by atoms with Crippen LogP contribution in [0.15, 0.2) is 127 Å². The number of nitrogens with one attached hydrogen (secondary N) is 1. The number of rotatable bonds is 10. The van der Waals surface area contributed by atoms with Crippen molar-refractivity contribution < 1.29 is 24.5 Å². The Balaban J connectivity index is 1.08. The molecular formula is C44H45ClN2O5. The van der Waals surface area contributed by atoms with Gasteiger partial charge in [0.25, 0.3) is 5.91 Å². The number of hydrogen-bond acceptors (Lipinski definition) is 6. The molecule has 268 valence electrons. The summed E-state index contributed by atoms with van der Waals surface area (Å²) in [5, 5.41) is 24.9. The van der Waals surface area contributed by atoms with Gasteiger partial charge in [-0.3, -0.25) is 4.79 Å². The molecule has 1 amide bonds. The number of halogens is 1. The van der Waals surface area contributed by atoms with E-state index in [2.05, 4.69) is 47.5 Å². The third-order valence-corrected chi connectivity index (χ3v) is 10.9. The fourth-order valence-corrected chi connectivity index (χ4v) is 7.51. The number of carbonyl (C=O) groups excluding carboxylic acids is 1. The molecule has 7 nitrogen and oxygen atoms in total. The zero-order valence-corrected chi connectivity index (χ0v) is 30.1. The van der Waals surface area contributed by atoms with Crippen LogP contribution < -0.4 is 5.32 Å². The molecule has 0 radical (unpaired) electrons. The molecule has 4 atom stereocenters. The van der Waals surface area contributed by atoms with E-state index in [1.54, 1.807) is 0 Å². The number of hydrogen-bond donors (Lipinski definition) is 3. The molecule has 5 aromatic carbocycles. The van der Waals surface area contributed by atoms with Crippen molar-refractivity contribution in [3.63, 3.8) is 0 Å². The van der Waals surface area contributed by atoms with Crippen LogP contribution in [-0.4, -0.2) is 46.8 Å². The van der Waals surface area contributed by atoms with Gasteiger partial charge in [0.15, 0.2) is 6.29 Å². The number of aliphatic hydroxyl groups excluding tert-OH is 1. The average molecular weight is 717 g/mol. The number of likely N-dealkylation sites (tertiary alicyclic amines) is 1. The monoisotopic (exact) mass is 716 g/mol. The Morgan fingerprint density at radius 3 is 2.17 bits per heavy atom. The number of aliphatic hydroxyl groups is 2. The largest absolute Gasteiger partial charge is 0.392 e. The summed E-state index contributed by atoms with van der Waals surface area (Å²) in [6, 6.07) is 41.1. The first-order valence-corrected chi connectivity index (χ1v) is 18.4. The molecule has 0 aliphatic carbocycles. The van der Waals surface area contributed by atoms with Crippen LogP contribution in [0.3, 0.4) is 0 Å². The highest BCUT2D eigenvalue weighted by molar-refractivity contribution is 6.30. The quantitative estimate of drug-likeness (QED) is 0.135. The zero-order valence-electron chi connectivity index (χ0n) is 29.3. The predicted octanol–water partition coefficient (Wildman–Crippen LogP) is 8.20. The Morgan fingerprint density at radius 2 is 1.48 bits per heavy atom. The first-order valence-electron chi connectivity index (χ1n) is 18.0. The number of carbonyl (C=O) groups is 1. The second-order valence-corrected chi connectivity index (χ2v) is 14.4. The zero-order chi connectivity index (χ0) is 36.1. The van der Waals surface area contributed by atoms with Gasteiger partial charge >= 0.3 is 0 Å². The van der Waals surface area contributed by atoms with E-state index >= 15 is 0 Å². The normalized spacial score (nSPS) is 21.8. The second-order valence-electron chi connectivity index (χ2n) is 14.0. The summed E-state index contributed by atoms with van der Waals surface area (Å²) in [5.74, 6) is -0.0611. The first-order chi connectivity index (χ1) is 25.3. The molecule has 2 aliphatic heterocycles. The van der Waals surface area contributed by atoms with Gasteiger partial charge in [-0.25, -0.2) is 0 Å². The van der Waals surface area contributed by atoms with Crippen molar-refractivity contribution in [2.24, 2.45) is 5.92 Å². The minimum absolute atomic E-state index is 0.0120. The lowest BCUT2D eigenvalue weighted by Crippen LogP contribution is -2.49. The van der Waals surface area contributed by atoms with E-state index in [9.17, 15) is 15.0 Å². The number of benzene rings is 5. The molecule has 52 heavy (non-hydrogen) atoms. The number of ether oxygens (including phenoxy) is 2. The van der Waals surface area contributed by atoms with Crippen LogP contribution in [0.25, 0.3) is 11.1 Å². The van der Waals surface area contributed by atoms with E-state index in [1.165, 1.54) is 0 Å². The highest BCUT2D eigenvalue weighted by atomic mass is 35.5. The highest BCUT2D eigenvalue weighted by Gasteiger charge is 2.41. The topological polar surface area (TPSA) is 91.3 Å². The van der Waals surface area contributed by atoms with E-state index < -0.39 is 11.9 Å². The van der Waals surface area contributed by atoms with Crippen LogP contribution in [0.1, 0.15) is 70.3 Å². The van der Waals surface area contributed by atoms with Crippen molar-refractivity contribution in [2.75, 3.05) is 19.6 Å². The minimum atomic E-state index is -0.878. The van der Waals surface area contributed by atoms with Crippen molar-refractivity contribution in [2.45, 2.75) is 57.0 Å². The Labute approximate surface area is 310 Å². The number of amides is 1. The average Bonchev–Trinajstić information content (AvgIpc) is 3.19. The Kier molecular flexibility index (Phi) is 11.2. The molecule has 0 saturated carbocycles.